The zero-order valence-electron chi connectivity index (χ0n) is 15.2. The topological polar surface area (TPSA) is 97.3 Å². The monoisotopic (exact) mass is 491 g/mol. The van der Waals surface area contributed by atoms with Crippen molar-refractivity contribution in [3.8, 4) is 0 Å². The van der Waals surface area contributed by atoms with Crippen LogP contribution in [-0.4, -0.2) is 83.8 Å². The molecule has 10 heteroatoms. The fourth-order valence-corrected chi connectivity index (χ4v) is 2.92. The minimum Gasteiger partial charge on any atom is -0.466 e. The molecular formula is C15H30IN3O5S. The van der Waals surface area contributed by atoms with Gasteiger partial charge in [0.05, 0.1) is 31.5 Å². The highest BCUT2D eigenvalue weighted by Crippen LogP contribution is 2.17. The minimum absolute atomic E-state index is 0. The summed E-state index contributed by atoms with van der Waals surface area (Å²) in [5, 5.41) is 3.18. The smallest absolute Gasteiger partial charge is 0.310 e. The van der Waals surface area contributed by atoms with Gasteiger partial charge in [0.2, 0.25) is 0 Å². The van der Waals surface area contributed by atoms with E-state index < -0.39 is 9.84 Å². The number of likely N-dealkylation sites (tertiary alicyclic amines) is 1. The molecule has 8 nitrogen and oxygen atoms in total. The molecule has 148 valence electrons. The fraction of sp³-hybridized carbons (Fsp3) is 0.867. The van der Waals surface area contributed by atoms with E-state index in [-0.39, 0.29) is 48.2 Å². The van der Waals surface area contributed by atoms with Crippen molar-refractivity contribution in [2.45, 2.75) is 19.8 Å². The molecule has 25 heavy (non-hydrogen) atoms. The quantitative estimate of drug-likeness (QED) is 0.174. The maximum Gasteiger partial charge on any atom is 0.310 e. The van der Waals surface area contributed by atoms with E-state index in [0.29, 0.717) is 26.3 Å². The Morgan fingerprint density at radius 3 is 2.68 bits per heavy atom. The van der Waals surface area contributed by atoms with Crippen LogP contribution in [0.3, 0.4) is 0 Å². The molecule has 0 saturated carbocycles. The molecule has 1 unspecified atom stereocenters. The number of sulfone groups is 1. The molecule has 1 fully saturated rings. The number of hydrogen-bond donors (Lipinski definition) is 1. The van der Waals surface area contributed by atoms with Crippen molar-refractivity contribution >= 4 is 45.7 Å². The number of aliphatic imine (C=N–C) groups is 1. The largest absolute Gasteiger partial charge is 0.466 e. The van der Waals surface area contributed by atoms with Crippen LogP contribution in [0.4, 0.5) is 0 Å². The van der Waals surface area contributed by atoms with Crippen LogP contribution >= 0.6 is 24.0 Å². The summed E-state index contributed by atoms with van der Waals surface area (Å²) >= 11 is 0. The van der Waals surface area contributed by atoms with Gasteiger partial charge in [-0.2, -0.15) is 0 Å². The van der Waals surface area contributed by atoms with Gasteiger partial charge in [-0.1, -0.05) is 0 Å². The predicted molar refractivity (Wildman–Crippen MR) is 108 cm³/mol. The second-order valence-electron chi connectivity index (χ2n) is 5.75. The molecular weight excluding hydrogens is 461 g/mol. The summed E-state index contributed by atoms with van der Waals surface area (Å²) in [6, 6.07) is 0. The van der Waals surface area contributed by atoms with Gasteiger partial charge in [0.25, 0.3) is 0 Å². The number of carbonyl (C=O) groups excluding carboxylic acids is 1. The molecule has 1 atom stereocenters. The maximum atomic E-state index is 11.9. The van der Waals surface area contributed by atoms with E-state index in [9.17, 15) is 13.2 Å². The highest BCUT2D eigenvalue weighted by Gasteiger charge is 2.28. The van der Waals surface area contributed by atoms with E-state index in [1.54, 1.807) is 7.05 Å². The molecule has 1 saturated heterocycles. The summed E-state index contributed by atoms with van der Waals surface area (Å²) in [6.07, 6.45) is 2.93. The summed E-state index contributed by atoms with van der Waals surface area (Å²) in [5.74, 6) is 0.468. The Kier molecular flexibility index (Phi) is 12.4. The van der Waals surface area contributed by atoms with Gasteiger partial charge in [-0.15, -0.1) is 24.0 Å². The summed E-state index contributed by atoms with van der Waals surface area (Å²) in [7, 11) is -1.29. The Balaban J connectivity index is 0.00000576. The number of nitrogens with one attached hydrogen (secondary N) is 1. The van der Waals surface area contributed by atoms with Crippen LogP contribution in [0.5, 0.6) is 0 Å². The van der Waals surface area contributed by atoms with Crippen molar-refractivity contribution in [3.05, 3.63) is 0 Å². The minimum atomic E-state index is -2.99. The molecule has 0 aliphatic carbocycles. The zero-order chi connectivity index (χ0) is 18.0. The third kappa shape index (κ3) is 10.2. The van der Waals surface area contributed by atoms with Gasteiger partial charge in [-0.05, 0) is 19.8 Å². The van der Waals surface area contributed by atoms with Gasteiger partial charge in [0, 0.05) is 32.9 Å². The van der Waals surface area contributed by atoms with Crippen molar-refractivity contribution in [1.82, 2.24) is 10.2 Å². The standard InChI is InChI=1S/C15H29N3O5S.HI/c1-4-23-14(19)13-6-5-8-18(12-13)15(16-2)17-7-9-22-10-11-24(3,20)21;/h13H,4-12H2,1-3H3,(H,16,17);1H. The van der Waals surface area contributed by atoms with E-state index in [1.165, 1.54) is 6.26 Å². The van der Waals surface area contributed by atoms with E-state index in [1.807, 2.05) is 11.8 Å². The van der Waals surface area contributed by atoms with Crippen molar-refractivity contribution in [2.24, 2.45) is 10.9 Å². The Hall–Kier alpha value is -0.620. The highest BCUT2D eigenvalue weighted by molar-refractivity contribution is 14.0. The van der Waals surface area contributed by atoms with Crippen LogP contribution in [0.2, 0.25) is 0 Å². The Morgan fingerprint density at radius 1 is 1.36 bits per heavy atom. The van der Waals surface area contributed by atoms with Gasteiger partial charge < -0.3 is 19.7 Å². The molecule has 1 heterocycles. The van der Waals surface area contributed by atoms with Crippen LogP contribution in [0, 0.1) is 5.92 Å². The molecule has 0 bridgehead atoms. The Labute approximate surface area is 167 Å². The van der Waals surface area contributed by atoms with Crippen molar-refractivity contribution in [3.63, 3.8) is 0 Å². The molecule has 0 amide bonds. The second-order valence-corrected chi connectivity index (χ2v) is 8.01. The van der Waals surface area contributed by atoms with Crippen LogP contribution in [-0.2, 0) is 24.1 Å². The number of piperidine rings is 1. The first-order valence-electron chi connectivity index (χ1n) is 8.25. The molecule has 0 aromatic carbocycles. The van der Waals surface area contributed by atoms with E-state index in [2.05, 4.69) is 10.3 Å². The average molecular weight is 491 g/mol. The lowest BCUT2D eigenvalue weighted by Gasteiger charge is -2.33. The lowest BCUT2D eigenvalue weighted by Crippen LogP contribution is -2.48. The molecule has 0 aromatic heterocycles. The van der Waals surface area contributed by atoms with E-state index in [4.69, 9.17) is 9.47 Å². The third-order valence-corrected chi connectivity index (χ3v) is 4.59. The number of rotatable bonds is 8. The first-order chi connectivity index (χ1) is 11.4. The van der Waals surface area contributed by atoms with Crippen molar-refractivity contribution in [1.29, 1.82) is 0 Å². The van der Waals surface area contributed by atoms with Gasteiger partial charge >= 0.3 is 5.97 Å². The molecule has 0 aromatic rings. The summed E-state index contributed by atoms with van der Waals surface area (Å²) < 4.78 is 32.4. The second kappa shape index (κ2) is 12.7. The van der Waals surface area contributed by atoms with Gasteiger partial charge in [0.15, 0.2) is 5.96 Å². The molecule has 1 rings (SSSR count). The molecule has 0 radical (unpaired) electrons. The lowest BCUT2D eigenvalue weighted by atomic mass is 9.98. The van der Waals surface area contributed by atoms with E-state index >= 15 is 0 Å². The van der Waals surface area contributed by atoms with Crippen LogP contribution < -0.4 is 5.32 Å². The SMILES string of the molecule is CCOC(=O)C1CCCN(C(=NC)NCCOCCS(C)(=O)=O)C1.I. The normalized spacial score (nSPS) is 18.4. The van der Waals surface area contributed by atoms with Crippen molar-refractivity contribution in [2.75, 3.05) is 58.5 Å². The first-order valence-corrected chi connectivity index (χ1v) is 10.3. The average Bonchev–Trinajstić information content (AvgIpc) is 2.53. The van der Waals surface area contributed by atoms with E-state index in [0.717, 1.165) is 25.3 Å². The van der Waals surface area contributed by atoms with Crippen LogP contribution in [0.15, 0.2) is 4.99 Å². The predicted octanol–water partition coefficient (Wildman–Crippen LogP) is 0.516. The third-order valence-electron chi connectivity index (χ3n) is 3.68. The summed E-state index contributed by atoms with van der Waals surface area (Å²) in [4.78, 5) is 18.2. The zero-order valence-corrected chi connectivity index (χ0v) is 18.3. The summed E-state index contributed by atoms with van der Waals surface area (Å²) in [6.45, 7) is 4.74. The lowest BCUT2D eigenvalue weighted by molar-refractivity contribution is -0.149. The fourth-order valence-electron chi connectivity index (χ4n) is 2.50. The van der Waals surface area contributed by atoms with Gasteiger partial charge in [-0.3, -0.25) is 9.79 Å². The number of carbonyl (C=O) groups is 1. The number of hydrogen-bond acceptors (Lipinski definition) is 6. The molecule has 1 aliphatic heterocycles. The number of nitrogens with zero attached hydrogens (tertiary/aromatic N) is 2. The molecule has 0 spiro atoms. The number of ether oxygens (including phenoxy) is 2. The van der Waals surface area contributed by atoms with Gasteiger partial charge in [-0.25, -0.2) is 8.42 Å². The number of esters is 1. The van der Waals surface area contributed by atoms with Gasteiger partial charge in [0.1, 0.15) is 9.84 Å². The molecule has 1 aliphatic rings. The molecule has 1 N–H and O–H groups in total. The number of guanidine groups is 1. The summed E-state index contributed by atoms with van der Waals surface area (Å²) in [5.41, 5.74) is 0. The van der Waals surface area contributed by atoms with Crippen molar-refractivity contribution < 1.29 is 22.7 Å². The Morgan fingerprint density at radius 2 is 2.08 bits per heavy atom. The first kappa shape index (κ1) is 24.4. The highest BCUT2D eigenvalue weighted by atomic mass is 127. The van der Waals surface area contributed by atoms with Crippen LogP contribution in [0.25, 0.3) is 0 Å². The maximum absolute atomic E-state index is 11.9. The van der Waals surface area contributed by atoms with Crippen LogP contribution in [0.1, 0.15) is 19.8 Å². The Bertz CT molecular complexity index is 527. The number of halogens is 1.